The van der Waals surface area contributed by atoms with Gasteiger partial charge in [0, 0.05) is 60.1 Å². The zero-order valence-electron chi connectivity index (χ0n) is 17.1. The van der Waals surface area contributed by atoms with Gasteiger partial charge in [-0.15, -0.1) is 0 Å². The molecule has 3 aromatic heterocycles. The van der Waals surface area contributed by atoms with Crippen LogP contribution in [0.15, 0.2) is 42.7 Å². The minimum absolute atomic E-state index is 0.0144. The number of H-pyrrole nitrogens is 1. The number of aliphatic hydroxyl groups excluding tert-OH is 1. The van der Waals surface area contributed by atoms with Crippen LogP contribution in [0.4, 0.5) is 0 Å². The molecule has 7 nitrogen and oxygen atoms in total. The number of ether oxygens (including phenoxy) is 1. The molecular weight excluding hydrogens is 380 g/mol. The standard InChI is InChI=1S/C23H24N4O3/c1-26-13-19(17-11-15(30-2)3-4-21(17)26)20-12-18-16(5-8-24-22(18)25-20)23(29)27-9-6-14(28)7-10-27/h3-5,8,11-14,28H,6-7,9-10H2,1-2H3,(H,24,25). The maximum Gasteiger partial charge on any atom is 0.254 e. The van der Waals surface area contributed by atoms with Gasteiger partial charge in [0.1, 0.15) is 11.4 Å². The summed E-state index contributed by atoms with van der Waals surface area (Å²) < 4.78 is 7.48. The lowest BCUT2D eigenvalue weighted by molar-refractivity contribution is 0.0548. The molecule has 0 spiro atoms. The van der Waals surface area contributed by atoms with Crippen LogP contribution in [0.2, 0.25) is 0 Å². The van der Waals surface area contributed by atoms with E-state index in [2.05, 4.69) is 20.7 Å². The van der Waals surface area contributed by atoms with Crippen LogP contribution in [-0.4, -0.2) is 56.8 Å². The number of benzene rings is 1. The number of hydrogen-bond acceptors (Lipinski definition) is 4. The number of aromatic amines is 1. The lowest BCUT2D eigenvalue weighted by Gasteiger charge is -2.29. The molecule has 1 fully saturated rings. The molecule has 154 valence electrons. The van der Waals surface area contributed by atoms with Crippen molar-refractivity contribution in [2.75, 3.05) is 20.2 Å². The van der Waals surface area contributed by atoms with E-state index >= 15 is 0 Å². The van der Waals surface area contributed by atoms with Crippen LogP contribution >= 0.6 is 0 Å². The molecule has 0 bridgehead atoms. The zero-order valence-corrected chi connectivity index (χ0v) is 17.1. The summed E-state index contributed by atoms with van der Waals surface area (Å²) in [5.41, 5.74) is 4.36. The first-order chi connectivity index (χ1) is 14.5. The first-order valence-corrected chi connectivity index (χ1v) is 10.1. The number of aromatic nitrogens is 3. The lowest BCUT2D eigenvalue weighted by Crippen LogP contribution is -2.40. The van der Waals surface area contributed by atoms with Crippen molar-refractivity contribution in [1.29, 1.82) is 0 Å². The van der Waals surface area contributed by atoms with Crippen LogP contribution < -0.4 is 4.74 Å². The van der Waals surface area contributed by atoms with Crippen molar-refractivity contribution in [3.05, 3.63) is 48.3 Å². The van der Waals surface area contributed by atoms with Crippen molar-refractivity contribution in [2.45, 2.75) is 18.9 Å². The number of methoxy groups -OCH3 is 1. The Bertz CT molecular complexity index is 1250. The summed E-state index contributed by atoms with van der Waals surface area (Å²) in [6.07, 6.45) is 4.67. The number of nitrogens with zero attached hydrogens (tertiary/aromatic N) is 3. The minimum atomic E-state index is -0.311. The van der Waals surface area contributed by atoms with Crippen LogP contribution in [0.5, 0.6) is 5.75 Å². The molecule has 1 saturated heterocycles. The predicted octanol–water partition coefficient (Wildman–Crippen LogP) is 3.33. The number of fused-ring (bicyclic) bond motifs is 2. The predicted molar refractivity (Wildman–Crippen MR) is 116 cm³/mol. The first kappa shape index (κ1) is 18.7. The first-order valence-electron chi connectivity index (χ1n) is 10.1. The third-order valence-corrected chi connectivity index (χ3v) is 6.00. The van der Waals surface area contributed by atoms with Crippen molar-refractivity contribution >= 4 is 27.8 Å². The smallest absolute Gasteiger partial charge is 0.254 e. The van der Waals surface area contributed by atoms with E-state index in [9.17, 15) is 9.90 Å². The van der Waals surface area contributed by atoms with Gasteiger partial charge in [0.25, 0.3) is 5.91 Å². The Balaban J connectivity index is 1.59. The highest BCUT2D eigenvalue weighted by molar-refractivity contribution is 6.07. The fourth-order valence-corrected chi connectivity index (χ4v) is 4.31. The molecule has 4 aromatic rings. The number of carbonyl (C=O) groups excluding carboxylic acids is 1. The van der Waals surface area contributed by atoms with E-state index in [-0.39, 0.29) is 12.0 Å². The number of aryl methyl sites for hydroxylation is 1. The summed E-state index contributed by atoms with van der Waals surface area (Å²) in [4.78, 5) is 22.8. The van der Waals surface area contributed by atoms with Gasteiger partial charge in [-0.1, -0.05) is 0 Å². The van der Waals surface area contributed by atoms with E-state index in [0.717, 1.165) is 33.3 Å². The number of carbonyl (C=O) groups is 1. The van der Waals surface area contributed by atoms with Crippen molar-refractivity contribution < 1.29 is 14.6 Å². The monoisotopic (exact) mass is 404 g/mol. The number of nitrogens with one attached hydrogen (secondary N) is 1. The second kappa shape index (κ2) is 7.18. The Morgan fingerprint density at radius 3 is 2.77 bits per heavy atom. The van der Waals surface area contributed by atoms with Gasteiger partial charge >= 0.3 is 0 Å². The average molecular weight is 404 g/mol. The molecule has 1 aromatic carbocycles. The number of pyridine rings is 1. The van der Waals surface area contributed by atoms with Crippen LogP contribution in [-0.2, 0) is 7.05 Å². The second-order valence-electron chi connectivity index (χ2n) is 7.86. The molecule has 1 amide bonds. The van der Waals surface area contributed by atoms with E-state index in [1.165, 1.54) is 0 Å². The van der Waals surface area contributed by atoms with Gasteiger partial charge in [-0.3, -0.25) is 4.79 Å². The maximum absolute atomic E-state index is 13.1. The number of aliphatic hydroxyl groups is 1. The fraction of sp³-hybridized carbons (Fsp3) is 0.304. The van der Waals surface area contributed by atoms with E-state index in [1.807, 2.05) is 36.2 Å². The average Bonchev–Trinajstić information content (AvgIpc) is 3.34. The van der Waals surface area contributed by atoms with E-state index < -0.39 is 0 Å². The molecule has 7 heteroatoms. The third-order valence-electron chi connectivity index (χ3n) is 6.00. The molecule has 2 N–H and O–H groups in total. The Morgan fingerprint density at radius 2 is 2.00 bits per heavy atom. The lowest BCUT2D eigenvalue weighted by atomic mass is 10.1. The van der Waals surface area contributed by atoms with Gasteiger partial charge in [-0.25, -0.2) is 4.98 Å². The zero-order chi connectivity index (χ0) is 20.8. The Hall–Kier alpha value is -3.32. The number of piperidine rings is 1. The summed E-state index contributed by atoms with van der Waals surface area (Å²) >= 11 is 0. The molecular formula is C23H24N4O3. The minimum Gasteiger partial charge on any atom is -0.497 e. The third kappa shape index (κ3) is 3.02. The maximum atomic E-state index is 13.1. The largest absolute Gasteiger partial charge is 0.497 e. The van der Waals surface area contributed by atoms with Crippen LogP contribution in [0.25, 0.3) is 33.2 Å². The Morgan fingerprint density at radius 1 is 1.20 bits per heavy atom. The van der Waals surface area contributed by atoms with Gasteiger partial charge in [0.05, 0.1) is 18.8 Å². The highest BCUT2D eigenvalue weighted by Gasteiger charge is 2.24. The quantitative estimate of drug-likeness (QED) is 0.549. The molecule has 1 aliphatic rings. The molecule has 0 unspecified atom stereocenters. The van der Waals surface area contributed by atoms with E-state index in [4.69, 9.17) is 4.74 Å². The molecule has 0 saturated carbocycles. The van der Waals surface area contributed by atoms with E-state index in [1.54, 1.807) is 19.4 Å². The van der Waals surface area contributed by atoms with Gasteiger partial charge in [0.15, 0.2) is 0 Å². The number of amides is 1. The van der Waals surface area contributed by atoms with Crippen molar-refractivity contribution in [2.24, 2.45) is 7.05 Å². The summed E-state index contributed by atoms with van der Waals surface area (Å²) in [6.45, 7) is 1.15. The van der Waals surface area contributed by atoms with Crippen molar-refractivity contribution in [3.8, 4) is 17.0 Å². The van der Waals surface area contributed by atoms with Gasteiger partial charge < -0.3 is 24.3 Å². The highest BCUT2D eigenvalue weighted by Crippen LogP contribution is 2.34. The molecule has 4 heterocycles. The Kier molecular flexibility index (Phi) is 4.47. The molecule has 5 rings (SSSR count). The summed E-state index contributed by atoms with van der Waals surface area (Å²) in [5.74, 6) is 0.784. The van der Waals surface area contributed by atoms with Crippen LogP contribution in [0.3, 0.4) is 0 Å². The summed E-state index contributed by atoms with van der Waals surface area (Å²) in [5, 5.41) is 11.6. The number of rotatable bonds is 3. The summed E-state index contributed by atoms with van der Waals surface area (Å²) in [7, 11) is 3.67. The van der Waals surface area contributed by atoms with Crippen LogP contribution in [0.1, 0.15) is 23.2 Å². The Labute approximate surface area is 173 Å². The molecule has 0 atom stereocenters. The second-order valence-corrected chi connectivity index (χ2v) is 7.86. The number of hydrogen-bond donors (Lipinski definition) is 2. The molecule has 0 aliphatic carbocycles. The van der Waals surface area contributed by atoms with Gasteiger partial charge in [-0.05, 0) is 43.2 Å². The fourth-order valence-electron chi connectivity index (χ4n) is 4.31. The van der Waals surface area contributed by atoms with Crippen LogP contribution in [0, 0.1) is 0 Å². The highest BCUT2D eigenvalue weighted by atomic mass is 16.5. The van der Waals surface area contributed by atoms with Crippen molar-refractivity contribution in [3.63, 3.8) is 0 Å². The topological polar surface area (TPSA) is 83.4 Å². The number of likely N-dealkylation sites (tertiary alicyclic amines) is 1. The SMILES string of the molecule is COc1ccc2c(c1)c(-c1cc3c(C(=O)N4CCC(O)CC4)ccnc3[nH]1)cn2C. The van der Waals surface area contributed by atoms with Gasteiger partial charge in [-0.2, -0.15) is 0 Å². The van der Waals surface area contributed by atoms with Crippen molar-refractivity contribution in [1.82, 2.24) is 19.4 Å². The molecule has 1 aliphatic heterocycles. The molecule has 0 radical (unpaired) electrons. The summed E-state index contributed by atoms with van der Waals surface area (Å²) in [6, 6.07) is 9.79. The van der Waals surface area contributed by atoms with Gasteiger partial charge in [0.2, 0.25) is 0 Å². The normalized spacial score (nSPS) is 15.2. The van der Waals surface area contributed by atoms with E-state index in [0.29, 0.717) is 37.1 Å². The molecule has 30 heavy (non-hydrogen) atoms.